The Morgan fingerprint density at radius 2 is 2.00 bits per heavy atom. The highest BCUT2D eigenvalue weighted by Gasteiger charge is 2.38. The van der Waals surface area contributed by atoms with E-state index in [1.165, 1.54) is 0 Å². The molecule has 28 heavy (non-hydrogen) atoms. The van der Waals surface area contributed by atoms with Crippen LogP contribution in [0.4, 0.5) is 13.2 Å². The summed E-state index contributed by atoms with van der Waals surface area (Å²) < 4.78 is 37.4. The van der Waals surface area contributed by atoms with Crippen molar-refractivity contribution in [3.8, 4) is 0 Å². The predicted octanol–water partition coefficient (Wildman–Crippen LogP) is 2.20. The normalized spacial score (nSPS) is 14.1. The van der Waals surface area contributed by atoms with E-state index in [1.807, 2.05) is 19.1 Å². The van der Waals surface area contributed by atoms with Crippen molar-refractivity contribution in [1.29, 1.82) is 0 Å². The third-order valence-electron chi connectivity index (χ3n) is 4.04. The smallest absolute Gasteiger partial charge is 0.475 e. The van der Waals surface area contributed by atoms with Gasteiger partial charge in [-0.15, -0.1) is 0 Å². The van der Waals surface area contributed by atoms with Crippen LogP contribution in [0.2, 0.25) is 0 Å². The molecule has 0 bridgehead atoms. The fourth-order valence-electron chi connectivity index (χ4n) is 2.67. The second-order valence-electron chi connectivity index (χ2n) is 6.50. The Morgan fingerprint density at radius 1 is 1.36 bits per heavy atom. The molecule has 0 spiro atoms. The Morgan fingerprint density at radius 3 is 2.50 bits per heavy atom. The summed E-state index contributed by atoms with van der Waals surface area (Å²) >= 11 is 0. The number of aromatic nitrogens is 2. The zero-order chi connectivity index (χ0) is 21.1. The van der Waals surface area contributed by atoms with Gasteiger partial charge in [0.25, 0.3) is 5.91 Å². The molecule has 0 radical (unpaired) electrons. The lowest BCUT2D eigenvalue weighted by atomic mass is 10.0. The van der Waals surface area contributed by atoms with Crippen LogP contribution in [0.25, 0.3) is 0 Å². The van der Waals surface area contributed by atoms with Crippen LogP contribution in [-0.4, -0.2) is 63.8 Å². The van der Waals surface area contributed by atoms with E-state index in [4.69, 9.17) is 14.3 Å². The van der Waals surface area contributed by atoms with Crippen molar-refractivity contribution in [3.63, 3.8) is 0 Å². The number of hydrogen-bond donors (Lipinski definition) is 2. The molecule has 2 aromatic rings. The molecule has 2 N–H and O–H groups in total. The molecule has 1 amide bonds. The fourth-order valence-corrected chi connectivity index (χ4v) is 2.67. The van der Waals surface area contributed by atoms with Gasteiger partial charge in [0.1, 0.15) is 11.5 Å². The molecule has 8 nitrogen and oxygen atoms in total. The number of furan rings is 1. The molecule has 0 fully saturated rings. The van der Waals surface area contributed by atoms with Crippen molar-refractivity contribution in [1.82, 2.24) is 20.0 Å². The van der Waals surface area contributed by atoms with E-state index in [2.05, 4.69) is 15.1 Å². The minimum atomic E-state index is -5.08. The van der Waals surface area contributed by atoms with Gasteiger partial charge in [-0.1, -0.05) is 0 Å². The largest absolute Gasteiger partial charge is 0.490 e. The standard InChI is InChI=1S/C15H20N4O2.C2HF3O2/c1-10-4-5-11(21-10)8-19-7-6-13-12(9-19)14(17-16-13)15(20)18(2)3;3-2(4,5)1(6)7/h4-5H,6-9H2,1-3H3,(H,16,17);(H,6,7). The van der Waals surface area contributed by atoms with Crippen LogP contribution in [0.15, 0.2) is 16.5 Å². The van der Waals surface area contributed by atoms with E-state index in [1.54, 1.807) is 19.0 Å². The first-order valence-electron chi connectivity index (χ1n) is 8.34. The van der Waals surface area contributed by atoms with Crippen LogP contribution in [0.3, 0.4) is 0 Å². The highest BCUT2D eigenvalue weighted by molar-refractivity contribution is 5.93. The van der Waals surface area contributed by atoms with Crippen LogP contribution >= 0.6 is 0 Å². The number of carbonyl (C=O) groups is 2. The number of aryl methyl sites for hydroxylation is 1. The number of rotatable bonds is 3. The van der Waals surface area contributed by atoms with Crippen molar-refractivity contribution in [2.45, 2.75) is 32.6 Å². The van der Waals surface area contributed by atoms with Crippen LogP contribution < -0.4 is 0 Å². The van der Waals surface area contributed by atoms with Gasteiger partial charge in [0, 0.05) is 44.9 Å². The average molecular weight is 402 g/mol. The fraction of sp³-hybridized carbons (Fsp3) is 0.471. The number of carboxylic acid groups (broad SMARTS) is 1. The number of amides is 1. The maximum absolute atomic E-state index is 12.2. The number of nitrogens with zero attached hydrogens (tertiary/aromatic N) is 3. The summed E-state index contributed by atoms with van der Waals surface area (Å²) in [7, 11) is 3.49. The molecular weight excluding hydrogens is 381 g/mol. The van der Waals surface area contributed by atoms with Gasteiger partial charge in [-0.3, -0.25) is 14.8 Å². The van der Waals surface area contributed by atoms with Gasteiger partial charge in [0.15, 0.2) is 5.69 Å². The summed E-state index contributed by atoms with van der Waals surface area (Å²) in [4.78, 5) is 24.9. The lowest BCUT2D eigenvalue weighted by Gasteiger charge is -2.26. The van der Waals surface area contributed by atoms with Gasteiger partial charge in [-0.2, -0.15) is 18.3 Å². The van der Waals surface area contributed by atoms with Crippen molar-refractivity contribution in [3.05, 3.63) is 40.6 Å². The maximum Gasteiger partial charge on any atom is 0.490 e. The monoisotopic (exact) mass is 402 g/mol. The van der Waals surface area contributed by atoms with Gasteiger partial charge in [0.2, 0.25) is 0 Å². The highest BCUT2D eigenvalue weighted by Crippen LogP contribution is 2.23. The van der Waals surface area contributed by atoms with Gasteiger partial charge >= 0.3 is 12.1 Å². The quantitative estimate of drug-likeness (QED) is 0.816. The van der Waals surface area contributed by atoms with E-state index in [-0.39, 0.29) is 5.91 Å². The second kappa shape index (κ2) is 8.46. The first kappa shape index (κ1) is 21.5. The molecule has 154 valence electrons. The van der Waals surface area contributed by atoms with Crippen LogP contribution in [0.1, 0.15) is 33.3 Å². The van der Waals surface area contributed by atoms with Crippen LogP contribution in [0, 0.1) is 6.92 Å². The molecular formula is C17H21F3N4O4. The minimum absolute atomic E-state index is 0.0526. The van der Waals surface area contributed by atoms with Gasteiger partial charge in [0.05, 0.1) is 6.54 Å². The number of carbonyl (C=O) groups excluding carboxylic acids is 1. The topological polar surface area (TPSA) is 103 Å². The minimum Gasteiger partial charge on any atom is -0.475 e. The third-order valence-corrected chi connectivity index (χ3v) is 4.04. The van der Waals surface area contributed by atoms with Crippen molar-refractivity contribution < 1.29 is 32.3 Å². The zero-order valence-electron chi connectivity index (χ0n) is 15.6. The van der Waals surface area contributed by atoms with Gasteiger partial charge in [-0.25, -0.2) is 4.79 Å². The molecule has 0 saturated carbocycles. The summed E-state index contributed by atoms with van der Waals surface area (Å²) in [5, 5.41) is 14.3. The third kappa shape index (κ3) is 5.35. The molecule has 0 unspecified atom stereocenters. The van der Waals surface area contributed by atoms with E-state index >= 15 is 0 Å². The number of hydrogen-bond acceptors (Lipinski definition) is 5. The number of H-pyrrole nitrogens is 1. The summed E-state index contributed by atoms with van der Waals surface area (Å²) in [6.45, 7) is 4.36. The molecule has 0 aromatic carbocycles. The summed E-state index contributed by atoms with van der Waals surface area (Å²) in [5.41, 5.74) is 2.63. The van der Waals surface area contributed by atoms with Crippen molar-refractivity contribution in [2.75, 3.05) is 20.6 Å². The Hall–Kier alpha value is -2.82. The number of fused-ring (bicyclic) bond motifs is 1. The van der Waals surface area contributed by atoms with E-state index in [0.717, 1.165) is 48.8 Å². The maximum atomic E-state index is 12.2. The summed E-state index contributed by atoms with van der Waals surface area (Å²) in [6, 6.07) is 3.98. The van der Waals surface area contributed by atoms with Crippen molar-refractivity contribution in [2.24, 2.45) is 0 Å². The summed E-state index contributed by atoms with van der Waals surface area (Å²) in [6.07, 6.45) is -4.21. The average Bonchev–Trinajstić information content (AvgIpc) is 3.19. The number of carboxylic acids is 1. The van der Waals surface area contributed by atoms with E-state index < -0.39 is 12.1 Å². The Kier molecular flexibility index (Phi) is 6.49. The van der Waals surface area contributed by atoms with Crippen molar-refractivity contribution >= 4 is 11.9 Å². The lowest BCUT2D eigenvalue weighted by molar-refractivity contribution is -0.192. The van der Waals surface area contributed by atoms with Crippen LogP contribution in [0.5, 0.6) is 0 Å². The van der Waals surface area contributed by atoms with Gasteiger partial charge < -0.3 is 14.4 Å². The number of aliphatic carboxylic acids is 1. The highest BCUT2D eigenvalue weighted by atomic mass is 19.4. The SMILES string of the molecule is Cc1ccc(CN2CCc3[nH]nc(C(=O)N(C)C)c3C2)o1.O=C(O)C(F)(F)F. The molecule has 0 aliphatic carbocycles. The number of aromatic amines is 1. The molecule has 1 aliphatic rings. The number of halogens is 3. The summed E-state index contributed by atoms with van der Waals surface area (Å²) in [5.74, 6) is -0.926. The Labute approximate surface area is 158 Å². The Bertz CT molecular complexity index is 842. The van der Waals surface area contributed by atoms with E-state index in [9.17, 15) is 18.0 Å². The lowest BCUT2D eigenvalue weighted by Crippen LogP contribution is -2.31. The van der Waals surface area contributed by atoms with Gasteiger partial charge in [-0.05, 0) is 19.1 Å². The zero-order valence-corrected chi connectivity index (χ0v) is 15.6. The predicted molar refractivity (Wildman–Crippen MR) is 91.6 cm³/mol. The molecule has 3 rings (SSSR count). The molecule has 0 saturated heterocycles. The van der Waals surface area contributed by atoms with Crippen LogP contribution in [-0.2, 0) is 24.3 Å². The first-order valence-corrected chi connectivity index (χ1v) is 8.34. The molecule has 0 atom stereocenters. The molecule has 3 heterocycles. The number of alkyl halides is 3. The first-order chi connectivity index (χ1) is 13.0. The molecule has 11 heteroatoms. The Balaban J connectivity index is 0.000000345. The molecule has 2 aromatic heterocycles. The molecule has 1 aliphatic heterocycles. The van der Waals surface area contributed by atoms with E-state index in [0.29, 0.717) is 5.69 Å². The second-order valence-corrected chi connectivity index (χ2v) is 6.50. The number of nitrogens with one attached hydrogen (secondary N) is 1.